The molecule has 34 heavy (non-hydrogen) atoms. The number of allylic oxidation sites excluding steroid dienone is 1. The Labute approximate surface area is 201 Å². The summed E-state index contributed by atoms with van der Waals surface area (Å²) in [4.78, 5) is 0. The molecule has 2 aliphatic heterocycles. The van der Waals surface area contributed by atoms with Gasteiger partial charge in [-0.3, -0.25) is 0 Å². The summed E-state index contributed by atoms with van der Waals surface area (Å²) in [5, 5.41) is 12.0. The smallest absolute Gasteiger partial charge is 0.184 e. The van der Waals surface area contributed by atoms with Crippen LogP contribution in [0.5, 0.6) is 0 Å². The first kappa shape index (κ1) is 22.7. The molecule has 5 aliphatic rings. The summed E-state index contributed by atoms with van der Waals surface area (Å²) in [6.07, 6.45) is 8.46. The highest BCUT2D eigenvalue weighted by Crippen LogP contribution is 2.61. The molecule has 1 N–H and O–H groups in total. The van der Waals surface area contributed by atoms with Crippen molar-refractivity contribution < 1.29 is 28.8 Å². The van der Waals surface area contributed by atoms with Gasteiger partial charge in [0.1, 0.15) is 5.60 Å². The molecule has 0 amide bonds. The fourth-order valence-electron chi connectivity index (χ4n) is 7.44. The first-order valence-electron chi connectivity index (χ1n) is 12.6. The second kappa shape index (κ2) is 8.17. The van der Waals surface area contributed by atoms with Gasteiger partial charge in [0.05, 0.1) is 25.1 Å². The summed E-state index contributed by atoms with van der Waals surface area (Å²) in [7, 11) is 3.37. The Kier molecular flexibility index (Phi) is 5.47. The lowest BCUT2D eigenvalue weighted by Gasteiger charge is -2.55. The molecular weight excluding hydrogens is 432 g/mol. The number of benzene rings is 1. The minimum Gasteiger partial charge on any atom is -0.495 e. The predicted molar refractivity (Wildman–Crippen MR) is 126 cm³/mol. The second-order valence-electron chi connectivity index (χ2n) is 10.9. The maximum absolute atomic E-state index is 12.0. The summed E-state index contributed by atoms with van der Waals surface area (Å²) in [5.74, 6) is 0.192. The van der Waals surface area contributed by atoms with E-state index in [4.69, 9.17) is 23.7 Å². The number of aliphatic hydroxyl groups is 1. The normalized spacial score (nSPS) is 38.9. The summed E-state index contributed by atoms with van der Waals surface area (Å²) in [6.45, 7) is 3.53. The van der Waals surface area contributed by atoms with E-state index < -0.39 is 11.4 Å². The number of methoxy groups -OCH3 is 2. The van der Waals surface area contributed by atoms with Gasteiger partial charge in [-0.05, 0) is 55.7 Å². The summed E-state index contributed by atoms with van der Waals surface area (Å²) in [6, 6.07) is 8.69. The maximum atomic E-state index is 12.0. The highest BCUT2D eigenvalue weighted by molar-refractivity contribution is 5.45. The van der Waals surface area contributed by atoms with E-state index in [1.807, 2.05) is 6.26 Å². The van der Waals surface area contributed by atoms with Crippen LogP contribution in [-0.2, 0) is 23.7 Å². The maximum Gasteiger partial charge on any atom is 0.184 e. The molecule has 6 rings (SSSR count). The zero-order valence-electron chi connectivity index (χ0n) is 20.4. The van der Waals surface area contributed by atoms with E-state index in [1.165, 1.54) is 16.7 Å². The zero-order chi connectivity index (χ0) is 23.6. The molecule has 2 saturated carbocycles. The van der Waals surface area contributed by atoms with Gasteiger partial charge in [-0.1, -0.05) is 29.8 Å². The van der Waals surface area contributed by atoms with E-state index in [2.05, 4.69) is 37.3 Å². The zero-order valence-corrected chi connectivity index (χ0v) is 20.4. The summed E-state index contributed by atoms with van der Waals surface area (Å²) in [5.41, 5.74) is 3.85. The van der Waals surface area contributed by atoms with Crippen LogP contribution in [-0.4, -0.2) is 49.5 Å². The standard InChI is InChI=1S/C28H36O6/c1-26-16-21(18-4-6-19(7-5-18)25-32-14-15-33-25)24-20(22(26)10-13-34-26)8-11-27(29)17-28(30-2,31-3)12-9-23(24)27/h4-7,10,13,20-22,25,29H,8-9,11-12,14-17H2,1-3H3/t20?,21-,22?,26+,27-/m1/s1. The molecule has 3 fully saturated rings. The molecule has 1 aromatic carbocycles. The van der Waals surface area contributed by atoms with Crippen molar-refractivity contribution in [3.63, 3.8) is 0 Å². The van der Waals surface area contributed by atoms with Crippen molar-refractivity contribution in [3.05, 3.63) is 58.9 Å². The first-order valence-corrected chi connectivity index (χ1v) is 12.6. The van der Waals surface area contributed by atoms with Gasteiger partial charge >= 0.3 is 0 Å². The number of hydrogen-bond acceptors (Lipinski definition) is 6. The molecule has 0 aromatic heterocycles. The highest BCUT2D eigenvalue weighted by Gasteiger charge is 2.58. The molecule has 184 valence electrons. The Morgan fingerprint density at radius 3 is 2.41 bits per heavy atom. The van der Waals surface area contributed by atoms with Crippen molar-refractivity contribution in [2.75, 3.05) is 27.4 Å². The Hall–Kier alpha value is -1.70. The Morgan fingerprint density at radius 2 is 1.71 bits per heavy atom. The van der Waals surface area contributed by atoms with Crippen LogP contribution in [0, 0.1) is 11.8 Å². The largest absolute Gasteiger partial charge is 0.495 e. The van der Waals surface area contributed by atoms with E-state index in [0.717, 1.165) is 37.7 Å². The van der Waals surface area contributed by atoms with Crippen LogP contribution in [0.1, 0.15) is 68.8 Å². The SMILES string of the molecule is COC1(OC)CCC2=C3C(CC[C@@]2(O)C1)C1C=CO[C@@]1(C)C[C@@H]3c1ccc(C2OCCO2)cc1. The molecule has 6 heteroatoms. The van der Waals surface area contributed by atoms with Gasteiger partial charge in [-0.25, -0.2) is 0 Å². The number of rotatable bonds is 4. The van der Waals surface area contributed by atoms with E-state index in [9.17, 15) is 5.11 Å². The van der Waals surface area contributed by atoms with Crippen molar-refractivity contribution in [1.82, 2.24) is 0 Å². The van der Waals surface area contributed by atoms with Crippen molar-refractivity contribution in [2.24, 2.45) is 11.8 Å². The minimum atomic E-state index is -0.892. The van der Waals surface area contributed by atoms with Crippen LogP contribution in [0.4, 0.5) is 0 Å². The van der Waals surface area contributed by atoms with Crippen LogP contribution in [0.25, 0.3) is 0 Å². The van der Waals surface area contributed by atoms with E-state index in [-0.39, 0.29) is 17.8 Å². The molecule has 1 aromatic rings. The average molecular weight is 469 g/mol. The Balaban J connectivity index is 1.42. The minimum absolute atomic E-state index is 0.199. The number of ether oxygens (including phenoxy) is 5. The van der Waals surface area contributed by atoms with Crippen LogP contribution < -0.4 is 0 Å². The monoisotopic (exact) mass is 468 g/mol. The van der Waals surface area contributed by atoms with Crippen LogP contribution in [0.3, 0.4) is 0 Å². The molecule has 1 saturated heterocycles. The fourth-order valence-corrected chi connectivity index (χ4v) is 7.44. The highest BCUT2D eigenvalue weighted by atomic mass is 16.7. The van der Waals surface area contributed by atoms with Crippen LogP contribution in [0.15, 0.2) is 47.7 Å². The average Bonchev–Trinajstić information content (AvgIpc) is 3.52. The molecule has 2 unspecified atom stereocenters. The third kappa shape index (κ3) is 3.41. The summed E-state index contributed by atoms with van der Waals surface area (Å²) >= 11 is 0. The topological polar surface area (TPSA) is 66.4 Å². The molecule has 2 heterocycles. The fraction of sp³-hybridized carbons (Fsp3) is 0.643. The van der Waals surface area contributed by atoms with Crippen molar-refractivity contribution in [2.45, 2.75) is 74.6 Å². The molecule has 3 aliphatic carbocycles. The van der Waals surface area contributed by atoms with Crippen molar-refractivity contribution >= 4 is 0 Å². The van der Waals surface area contributed by atoms with Crippen molar-refractivity contribution in [3.8, 4) is 0 Å². The van der Waals surface area contributed by atoms with E-state index in [1.54, 1.807) is 14.2 Å². The first-order chi connectivity index (χ1) is 16.4. The van der Waals surface area contributed by atoms with Gasteiger partial charge in [0.15, 0.2) is 12.1 Å². The van der Waals surface area contributed by atoms with E-state index in [0.29, 0.717) is 31.5 Å². The Bertz CT molecular complexity index is 989. The van der Waals surface area contributed by atoms with E-state index >= 15 is 0 Å². The molecule has 6 nitrogen and oxygen atoms in total. The van der Waals surface area contributed by atoms with Crippen LogP contribution in [0.2, 0.25) is 0 Å². The van der Waals surface area contributed by atoms with Gasteiger partial charge < -0.3 is 28.8 Å². The third-order valence-electron chi connectivity index (χ3n) is 9.22. The predicted octanol–water partition coefficient (Wildman–Crippen LogP) is 4.75. The second-order valence-corrected chi connectivity index (χ2v) is 10.9. The molecule has 0 bridgehead atoms. The number of hydrogen-bond donors (Lipinski definition) is 1. The van der Waals surface area contributed by atoms with Gasteiger partial charge in [0, 0.05) is 44.5 Å². The third-order valence-corrected chi connectivity index (χ3v) is 9.22. The summed E-state index contributed by atoms with van der Waals surface area (Å²) < 4.78 is 29.2. The lowest BCUT2D eigenvalue weighted by molar-refractivity contribution is -0.246. The van der Waals surface area contributed by atoms with Crippen molar-refractivity contribution in [1.29, 1.82) is 0 Å². The van der Waals surface area contributed by atoms with Gasteiger partial charge in [-0.2, -0.15) is 0 Å². The van der Waals surface area contributed by atoms with Gasteiger partial charge in [-0.15, -0.1) is 0 Å². The van der Waals surface area contributed by atoms with Gasteiger partial charge in [0.25, 0.3) is 0 Å². The lowest BCUT2D eigenvalue weighted by atomic mass is 9.54. The Morgan fingerprint density at radius 1 is 1.00 bits per heavy atom. The lowest BCUT2D eigenvalue weighted by Crippen LogP contribution is -2.54. The number of fused-ring (bicyclic) bond motifs is 4. The molecule has 5 atom stereocenters. The molecular formula is C28H36O6. The molecule has 0 spiro atoms. The molecule has 0 radical (unpaired) electrons. The van der Waals surface area contributed by atoms with Crippen LogP contribution >= 0.6 is 0 Å². The van der Waals surface area contributed by atoms with Gasteiger partial charge in [0.2, 0.25) is 0 Å². The quantitative estimate of drug-likeness (QED) is 0.508.